The van der Waals surface area contributed by atoms with E-state index in [4.69, 9.17) is 0 Å². The molecule has 1 aliphatic rings. The topological polar surface area (TPSA) is 12.0 Å². The average molecular weight is 244 g/mol. The highest BCUT2D eigenvalue weighted by atomic mass is 35.5. The van der Waals surface area contributed by atoms with Gasteiger partial charge in [-0.3, -0.25) is 0 Å². The number of halogens is 7. The van der Waals surface area contributed by atoms with E-state index in [1.54, 1.807) is 0 Å². The predicted molar refractivity (Wildman–Crippen MR) is 39.2 cm³/mol. The molecule has 0 aliphatic carbocycles. The highest BCUT2D eigenvalue weighted by molar-refractivity contribution is 5.85. The minimum atomic E-state index is -4.77. The van der Waals surface area contributed by atoms with Gasteiger partial charge in [-0.05, 0) is 0 Å². The number of nitrogens with one attached hydrogen (secondary N) is 1. The molecule has 0 amide bonds. The standard InChI is InChI=1S/C6H7F6N.ClH/c7-5(8,9)3-1-13-2-4(3)6(10,11)12;/h3-4,13H,1-2H2;1H/t3-,4+;. The van der Waals surface area contributed by atoms with E-state index in [2.05, 4.69) is 5.32 Å². The van der Waals surface area contributed by atoms with Crippen molar-refractivity contribution in [1.29, 1.82) is 0 Å². The van der Waals surface area contributed by atoms with E-state index in [1.165, 1.54) is 0 Å². The van der Waals surface area contributed by atoms with Crippen LogP contribution in [0.1, 0.15) is 0 Å². The highest BCUT2D eigenvalue weighted by Gasteiger charge is 2.57. The lowest BCUT2D eigenvalue weighted by atomic mass is 9.95. The molecule has 1 fully saturated rings. The molecule has 0 aromatic carbocycles. The molecule has 1 aliphatic heterocycles. The van der Waals surface area contributed by atoms with Gasteiger partial charge in [0.05, 0.1) is 11.8 Å². The number of hydrogen-bond acceptors (Lipinski definition) is 1. The summed E-state index contributed by atoms with van der Waals surface area (Å²) in [5.74, 6) is -4.60. The van der Waals surface area contributed by atoms with Gasteiger partial charge in [0.1, 0.15) is 0 Å². The monoisotopic (exact) mass is 243 g/mol. The van der Waals surface area contributed by atoms with Crippen LogP contribution in [0.15, 0.2) is 0 Å². The van der Waals surface area contributed by atoms with Crippen LogP contribution in [0.4, 0.5) is 26.3 Å². The fourth-order valence-electron chi connectivity index (χ4n) is 1.37. The van der Waals surface area contributed by atoms with Gasteiger partial charge in [0.25, 0.3) is 0 Å². The van der Waals surface area contributed by atoms with Crippen molar-refractivity contribution in [3.05, 3.63) is 0 Å². The molecular weight excluding hydrogens is 236 g/mol. The molecule has 1 saturated heterocycles. The molecule has 1 rings (SSSR count). The summed E-state index contributed by atoms with van der Waals surface area (Å²) in [5, 5.41) is 2.10. The summed E-state index contributed by atoms with van der Waals surface area (Å²) in [5.41, 5.74) is 0. The number of hydrogen-bond donors (Lipinski definition) is 1. The largest absolute Gasteiger partial charge is 0.393 e. The molecule has 0 unspecified atom stereocenters. The molecule has 1 nitrogen and oxygen atoms in total. The fraction of sp³-hybridized carbons (Fsp3) is 1.00. The number of alkyl halides is 6. The predicted octanol–water partition coefficient (Wildman–Crippen LogP) is 2.37. The van der Waals surface area contributed by atoms with Gasteiger partial charge in [0.15, 0.2) is 0 Å². The smallest absolute Gasteiger partial charge is 0.315 e. The van der Waals surface area contributed by atoms with Gasteiger partial charge >= 0.3 is 12.4 Å². The molecule has 8 heteroatoms. The highest BCUT2D eigenvalue weighted by Crippen LogP contribution is 2.42. The fourth-order valence-corrected chi connectivity index (χ4v) is 1.37. The van der Waals surface area contributed by atoms with Gasteiger partial charge in [-0.25, -0.2) is 0 Å². The van der Waals surface area contributed by atoms with Crippen LogP contribution >= 0.6 is 12.4 Å². The Morgan fingerprint density at radius 2 is 1.07 bits per heavy atom. The van der Waals surface area contributed by atoms with Crippen molar-refractivity contribution >= 4 is 12.4 Å². The quantitative estimate of drug-likeness (QED) is 0.644. The third-order valence-corrected chi connectivity index (χ3v) is 2.06. The van der Waals surface area contributed by atoms with Crippen molar-refractivity contribution in [2.75, 3.05) is 13.1 Å². The maximum absolute atomic E-state index is 12.0. The van der Waals surface area contributed by atoms with Crippen molar-refractivity contribution in [3.63, 3.8) is 0 Å². The molecule has 2 atom stereocenters. The second-order valence-corrected chi connectivity index (χ2v) is 2.95. The van der Waals surface area contributed by atoms with Gasteiger partial charge in [-0.2, -0.15) is 26.3 Å². The van der Waals surface area contributed by atoms with Crippen LogP contribution in [-0.4, -0.2) is 25.4 Å². The summed E-state index contributed by atoms with van der Waals surface area (Å²) >= 11 is 0. The number of rotatable bonds is 0. The summed E-state index contributed by atoms with van der Waals surface area (Å²) in [6.45, 7) is -1.29. The second-order valence-electron chi connectivity index (χ2n) is 2.95. The Kier molecular flexibility index (Phi) is 4.09. The van der Waals surface area contributed by atoms with Crippen LogP contribution in [-0.2, 0) is 0 Å². The summed E-state index contributed by atoms with van der Waals surface area (Å²) < 4.78 is 72.0. The minimum Gasteiger partial charge on any atom is -0.315 e. The third kappa shape index (κ3) is 2.91. The van der Waals surface area contributed by atoms with Gasteiger partial charge in [0.2, 0.25) is 0 Å². The molecule has 86 valence electrons. The van der Waals surface area contributed by atoms with Crippen LogP contribution in [0.3, 0.4) is 0 Å². The van der Waals surface area contributed by atoms with Crippen LogP contribution in [0.25, 0.3) is 0 Å². The molecule has 0 spiro atoms. The van der Waals surface area contributed by atoms with Crippen molar-refractivity contribution in [2.24, 2.45) is 11.8 Å². The lowest BCUT2D eigenvalue weighted by Crippen LogP contribution is -2.37. The molecule has 0 bridgehead atoms. The van der Waals surface area contributed by atoms with E-state index in [9.17, 15) is 26.3 Å². The summed E-state index contributed by atoms with van der Waals surface area (Å²) in [6.07, 6.45) is -9.55. The molecule has 0 radical (unpaired) electrons. The zero-order chi connectivity index (χ0) is 10.3. The first-order valence-electron chi connectivity index (χ1n) is 3.57. The zero-order valence-electron chi connectivity index (χ0n) is 6.74. The van der Waals surface area contributed by atoms with Crippen LogP contribution < -0.4 is 5.32 Å². The zero-order valence-corrected chi connectivity index (χ0v) is 7.56. The van der Waals surface area contributed by atoms with E-state index in [0.29, 0.717) is 0 Å². The van der Waals surface area contributed by atoms with Crippen molar-refractivity contribution in [3.8, 4) is 0 Å². The lowest BCUT2D eigenvalue weighted by Gasteiger charge is -2.23. The van der Waals surface area contributed by atoms with Crippen LogP contribution in [0.5, 0.6) is 0 Å². The first-order chi connectivity index (χ1) is 5.73. The second kappa shape index (κ2) is 4.14. The van der Waals surface area contributed by atoms with Crippen molar-refractivity contribution < 1.29 is 26.3 Å². The van der Waals surface area contributed by atoms with Crippen molar-refractivity contribution in [1.82, 2.24) is 5.32 Å². The average Bonchev–Trinajstić information content (AvgIpc) is 2.27. The molecule has 0 saturated carbocycles. The molecule has 1 N–H and O–H groups in total. The Balaban J connectivity index is 0.00000169. The van der Waals surface area contributed by atoms with E-state index >= 15 is 0 Å². The molecule has 1 heterocycles. The maximum Gasteiger partial charge on any atom is 0.393 e. The third-order valence-electron chi connectivity index (χ3n) is 2.06. The lowest BCUT2D eigenvalue weighted by molar-refractivity contribution is -0.239. The first-order valence-corrected chi connectivity index (χ1v) is 3.57. The Hall–Kier alpha value is -0.170. The first kappa shape index (κ1) is 13.8. The molecular formula is C6H8ClF6N. The van der Waals surface area contributed by atoms with E-state index in [-0.39, 0.29) is 12.4 Å². The molecule has 0 aromatic rings. The SMILES string of the molecule is Cl.FC(F)(F)[C@@H]1CNC[C@@H]1C(F)(F)F. The van der Waals surface area contributed by atoms with E-state index in [0.717, 1.165) is 0 Å². The summed E-state index contributed by atoms with van der Waals surface area (Å²) in [7, 11) is 0. The Morgan fingerprint density at radius 3 is 1.29 bits per heavy atom. The van der Waals surface area contributed by atoms with Gasteiger partial charge in [0, 0.05) is 13.1 Å². The normalized spacial score (nSPS) is 28.7. The van der Waals surface area contributed by atoms with Crippen LogP contribution in [0.2, 0.25) is 0 Å². The van der Waals surface area contributed by atoms with E-state index < -0.39 is 37.3 Å². The maximum atomic E-state index is 12.0. The van der Waals surface area contributed by atoms with Gasteiger partial charge < -0.3 is 5.32 Å². The Morgan fingerprint density at radius 1 is 0.786 bits per heavy atom. The van der Waals surface area contributed by atoms with Crippen LogP contribution in [0, 0.1) is 11.8 Å². The minimum absolute atomic E-state index is 0. The summed E-state index contributed by atoms with van der Waals surface area (Å²) in [4.78, 5) is 0. The van der Waals surface area contributed by atoms with Crippen molar-refractivity contribution in [2.45, 2.75) is 12.4 Å². The Bertz CT molecular complexity index is 168. The Labute approximate surface area is 82.3 Å². The van der Waals surface area contributed by atoms with Gasteiger partial charge in [-0.1, -0.05) is 0 Å². The molecule has 0 aromatic heterocycles. The van der Waals surface area contributed by atoms with E-state index in [1.807, 2.05) is 0 Å². The molecule has 14 heavy (non-hydrogen) atoms. The summed E-state index contributed by atoms with van der Waals surface area (Å²) in [6, 6.07) is 0. The van der Waals surface area contributed by atoms with Gasteiger partial charge in [-0.15, -0.1) is 12.4 Å².